The van der Waals surface area contributed by atoms with E-state index in [0.29, 0.717) is 12.1 Å². The maximum absolute atomic E-state index is 11.4. The molecule has 0 bridgehead atoms. The molecule has 0 saturated carbocycles. The van der Waals surface area contributed by atoms with Gasteiger partial charge in [-0.2, -0.15) is 0 Å². The van der Waals surface area contributed by atoms with Crippen LogP contribution in [0.4, 0.5) is 0 Å². The van der Waals surface area contributed by atoms with Gasteiger partial charge < -0.3 is 15.0 Å². The van der Waals surface area contributed by atoms with Crippen LogP contribution in [-0.2, 0) is 17.7 Å². The Morgan fingerprint density at radius 1 is 1.04 bits per heavy atom. The summed E-state index contributed by atoms with van der Waals surface area (Å²) in [4.78, 5) is 18.1. The Balaban J connectivity index is 1.87. The molecule has 0 aromatic heterocycles. The minimum atomic E-state index is -0.312. The maximum Gasteiger partial charge on any atom is 0.337 e. The number of carbonyl (C=O) groups excluding carboxylic acids is 1. The smallest absolute Gasteiger partial charge is 0.337 e. The van der Waals surface area contributed by atoms with Crippen molar-refractivity contribution in [3.05, 3.63) is 71.3 Å². The zero-order valence-corrected chi connectivity index (χ0v) is 15.0. The molecule has 0 spiro atoms. The molecule has 0 atom stereocenters. The predicted molar refractivity (Wildman–Crippen MR) is 101 cm³/mol. The van der Waals surface area contributed by atoms with Gasteiger partial charge in [-0.1, -0.05) is 42.5 Å². The summed E-state index contributed by atoms with van der Waals surface area (Å²) in [5.41, 5.74) is 2.90. The molecule has 25 heavy (non-hydrogen) atoms. The van der Waals surface area contributed by atoms with Crippen molar-refractivity contribution in [1.82, 2.24) is 10.2 Å². The molecule has 132 valence electrons. The van der Waals surface area contributed by atoms with Crippen molar-refractivity contribution in [2.24, 2.45) is 4.99 Å². The topological polar surface area (TPSA) is 53.9 Å². The summed E-state index contributed by atoms with van der Waals surface area (Å²) < 4.78 is 4.71. The summed E-state index contributed by atoms with van der Waals surface area (Å²) >= 11 is 0. The number of hydrogen-bond acceptors (Lipinski definition) is 3. The number of nitrogens with zero attached hydrogens (tertiary/aromatic N) is 2. The second kappa shape index (κ2) is 9.47. The molecule has 0 amide bonds. The van der Waals surface area contributed by atoms with Gasteiger partial charge in [0.15, 0.2) is 5.96 Å². The highest BCUT2D eigenvalue weighted by Crippen LogP contribution is 2.06. The first kappa shape index (κ1) is 18.5. The van der Waals surface area contributed by atoms with Crippen LogP contribution in [0.2, 0.25) is 0 Å². The van der Waals surface area contributed by atoms with Gasteiger partial charge >= 0.3 is 5.97 Å². The Bertz CT molecular complexity index is 695. The third-order valence-corrected chi connectivity index (χ3v) is 3.75. The Morgan fingerprint density at radius 2 is 1.72 bits per heavy atom. The van der Waals surface area contributed by atoms with Crippen LogP contribution in [0.15, 0.2) is 59.6 Å². The van der Waals surface area contributed by atoms with E-state index < -0.39 is 0 Å². The standard InChI is InChI=1S/C20H25N3O2/c1-23(2)20(22-15-17-7-5-4-6-8-17)21-14-13-16-9-11-18(12-10-16)19(24)25-3/h4-12H,13-15H2,1-3H3,(H,21,22). The van der Waals surface area contributed by atoms with E-state index in [2.05, 4.69) is 22.4 Å². The molecular formula is C20H25N3O2. The first-order chi connectivity index (χ1) is 12.1. The Hall–Kier alpha value is -2.82. The molecule has 0 heterocycles. The van der Waals surface area contributed by atoms with Crippen molar-refractivity contribution in [1.29, 1.82) is 0 Å². The molecule has 5 heteroatoms. The van der Waals surface area contributed by atoms with Crippen LogP contribution >= 0.6 is 0 Å². The lowest BCUT2D eigenvalue weighted by Gasteiger charge is -2.17. The highest BCUT2D eigenvalue weighted by Gasteiger charge is 2.05. The summed E-state index contributed by atoms with van der Waals surface area (Å²) in [6.07, 6.45) is 0.847. The van der Waals surface area contributed by atoms with Gasteiger partial charge in [0.25, 0.3) is 0 Å². The van der Waals surface area contributed by atoms with Crippen LogP contribution in [0.25, 0.3) is 0 Å². The van der Waals surface area contributed by atoms with Crippen LogP contribution < -0.4 is 5.32 Å². The van der Waals surface area contributed by atoms with Gasteiger partial charge in [-0.3, -0.25) is 0 Å². The Morgan fingerprint density at radius 3 is 2.32 bits per heavy atom. The third-order valence-electron chi connectivity index (χ3n) is 3.75. The molecule has 2 aromatic carbocycles. The largest absolute Gasteiger partial charge is 0.465 e. The fourth-order valence-corrected chi connectivity index (χ4v) is 2.35. The molecule has 0 saturated heterocycles. The number of guanidine groups is 1. The maximum atomic E-state index is 11.4. The number of nitrogens with one attached hydrogen (secondary N) is 1. The molecule has 0 radical (unpaired) electrons. The Kier molecular flexibility index (Phi) is 7.01. The fraction of sp³-hybridized carbons (Fsp3) is 0.300. The second-order valence-corrected chi connectivity index (χ2v) is 5.89. The number of aliphatic imine (C=N–C) groups is 1. The average molecular weight is 339 g/mol. The van der Waals surface area contributed by atoms with E-state index >= 15 is 0 Å². The average Bonchev–Trinajstić information content (AvgIpc) is 2.65. The summed E-state index contributed by atoms with van der Waals surface area (Å²) in [5.74, 6) is 0.544. The zero-order chi connectivity index (χ0) is 18.1. The van der Waals surface area contributed by atoms with Crippen molar-refractivity contribution >= 4 is 11.9 Å². The van der Waals surface area contributed by atoms with Gasteiger partial charge in [-0.05, 0) is 29.7 Å². The quantitative estimate of drug-likeness (QED) is 0.499. The molecule has 0 fully saturated rings. The molecule has 0 unspecified atom stereocenters. The van der Waals surface area contributed by atoms with Crippen LogP contribution in [0.1, 0.15) is 21.5 Å². The van der Waals surface area contributed by atoms with Crippen LogP contribution in [0, 0.1) is 0 Å². The molecule has 5 nitrogen and oxygen atoms in total. The van der Waals surface area contributed by atoms with Gasteiger partial charge in [0.1, 0.15) is 0 Å². The van der Waals surface area contributed by atoms with Gasteiger partial charge in [0, 0.05) is 20.6 Å². The minimum Gasteiger partial charge on any atom is -0.465 e. The normalized spacial score (nSPS) is 11.1. The van der Waals surface area contributed by atoms with E-state index in [0.717, 1.165) is 24.5 Å². The van der Waals surface area contributed by atoms with E-state index in [9.17, 15) is 4.79 Å². The number of benzene rings is 2. The predicted octanol–water partition coefficient (Wildman–Crippen LogP) is 2.72. The highest BCUT2D eigenvalue weighted by molar-refractivity contribution is 5.89. The minimum absolute atomic E-state index is 0.312. The highest BCUT2D eigenvalue weighted by atomic mass is 16.5. The van der Waals surface area contributed by atoms with Crippen LogP contribution in [0.5, 0.6) is 0 Å². The zero-order valence-electron chi connectivity index (χ0n) is 15.0. The molecule has 2 rings (SSSR count). The van der Waals surface area contributed by atoms with Crippen LogP contribution in [0.3, 0.4) is 0 Å². The lowest BCUT2D eigenvalue weighted by Crippen LogP contribution is -2.37. The molecule has 2 aromatic rings. The van der Waals surface area contributed by atoms with Crippen molar-refractivity contribution in [3.63, 3.8) is 0 Å². The molecule has 0 aliphatic rings. The number of hydrogen-bond donors (Lipinski definition) is 1. The van der Waals surface area contributed by atoms with E-state index in [-0.39, 0.29) is 5.97 Å². The number of methoxy groups -OCH3 is 1. The summed E-state index contributed by atoms with van der Waals surface area (Å²) in [7, 11) is 5.34. The van der Waals surface area contributed by atoms with E-state index in [1.165, 1.54) is 12.7 Å². The van der Waals surface area contributed by atoms with Crippen LogP contribution in [-0.4, -0.2) is 44.6 Å². The summed E-state index contributed by atoms with van der Waals surface area (Å²) in [6, 6.07) is 17.7. The molecule has 0 aliphatic heterocycles. The van der Waals surface area contributed by atoms with E-state index in [1.807, 2.05) is 49.3 Å². The number of esters is 1. The summed E-state index contributed by atoms with van der Waals surface area (Å²) in [5, 5.41) is 3.37. The summed E-state index contributed by atoms with van der Waals surface area (Å²) in [6.45, 7) is 1.42. The third kappa shape index (κ3) is 5.95. The van der Waals surface area contributed by atoms with Gasteiger partial charge in [0.2, 0.25) is 0 Å². The number of carbonyl (C=O) groups is 1. The van der Waals surface area contributed by atoms with E-state index in [4.69, 9.17) is 4.74 Å². The SMILES string of the molecule is COC(=O)c1ccc(CCNC(=NCc2ccccc2)N(C)C)cc1. The second-order valence-electron chi connectivity index (χ2n) is 5.89. The first-order valence-corrected chi connectivity index (χ1v) is 8.27. The number of rotatable bonds is 6. The molecule has 1 N–H and O–H groups in total. The van der Waals surface area contributed by atoms with Crippen molar-refractivity contribution in [3.8, 4) is 0 Å². The van der Waals surface area contributed by atoms with Crippen molar-refractivity contribution < 1.29 is 9.53 Å². The molecule has 0 aliphatic carbocycles. The van der Waals surface area contributed by atoms with E-state index in [1.54, 1.807) is 12.1 Å². The van der Waals surface area contributed by atoms with Gasteiger partial charge in [0.05, 0.1) is 19.2 Å². The Labute approximate surface area is 149 Å². The lowest BCUT2D eigenvalue weighted by molar-refractivity contribution is 0.0600. The monoisotopic (exact) mass is 339 g/mol. The first-order valence-electron chi connectivity index (χ1n) is 8.27. The van der Waals surface area contributed by atoms with Crippen molar-refractivity contribution in [2.75, 3.05) is 27.7 Å². The van der Waals surface area contributed by atoms with Gasteiger partial charge in [-0.15, -0.1) is 0 Å². The molecular weight excluding hydrogens is 314 g/mol. The van der Waals surface area contributed by atoms with Crippen molar-refractivity contribution in [2.45, 2.75) is 13.0 Å². The van der Waals surface area contributed by atoms with Gasteiger partial charge in [-0.25, -0.2) is 9.79 Å². The lowest BCUT2D eigenvalue weighted by atomic mass is 10.1. The number of ether oxygens (including phenoxy) is 1. The fourth-order valence-electron chi connectivity index (χ4n) is 2.35.